The number of aliphatic carboxylic acids is 2. The number of carbonyl (C=O) groups excluding carboxylic acids is 3. The first-order chi connectivity index (χ1) is 16.6. The Morgan fingerprint density at radius 1 is 1.31 bits per heavy atom. The monoisotopic (exact) mass is 531 g/mol. The Labute approximate surface area is 210 Å². The number of thioether (sulfide) groups is 2. The quantitative estimate of drug-likeness (QED) is 0.0833. The van der Waals surface area contributed by atoms with Crippen molar-refractivity contribution in [1.82, 2.24) is 15.5 Å². The Kier molecular flexibility index (Phi) is 10.7. The SMILES string of the molecule is CCCCOC(=O)NC(CCCC(=O)NC1C(=O)N2C(C(=O)O)=C(CSC(=N)N)CS[C@H]12)C(=O)O. The maximum absolute atomic E-state index is 12.6. The highest BCUT2D eigenvalue weighted by Crippen LogP contribution is 2.41. The molecular weight excluding hydrogens is 502 g/mol. The second-order valence-electron chi connectivity index (χ2n) is 7.78. The fourth-order valence-corrected chi connectivity index (χ4v) is 5.47. The van der Waals surface area contributed by atoms with E-state index in [-0.39, 0.29) is 42.5 Å². The van der Waals surface area contributed by atoms with Crippen molar-refractivity contribution in [3.63, 3.8) is 0 Å². The van der Waals surface area contributed by atoms with Gasteiger partial charge in [0.1, 0.15) is 23.2 Å². The number of alkyl carbamates (subject to hydrolysis) is 1. The first kappa shape index (κ1) is 28.3. The van der Waals surface area contributed by atoms with Gasteiger partial charge in [0, 0.05) is 17.9 Å². The molecule has 0 bridgehead atoms. The summed E-state index contributed by atoms with van der Waals surface area (Å²) in [5, 5.41) is 30.3. The molecule has 2 heterocycles. The fraction of sp³-hybridized carbons (Fsp3) is 0.600. The molecule has 3 atom stereocenters. The van der Waals surface area contributed by atoms with Gasteiger partial charge in [-0.3, -0.25) is 19.9 Å². The predicted molar refractivity (Wildman–Crippen MR) is 129 cm³/mol. The topological polar surface area (TPSA) is 212 Å². The van der Waals surface area contributed by atoms with Gasteiger partial charge in [0.05, 0.1) is 6.61 Å². The predicted octanol–water partition coefficient (Wildman–Crippen LogP) is 0.501. The zero-order valence-electron chi connectivity index (χ0n) is 19.1. The molecule has 1 fully saturated rings. The van der Waals surface area contributed by atoms with Crippen molar-refractivity contribution in [2.24, 2.45) is 5.73 Å². The molecule has 3 amide bonds. The van der Waals surface area contributed by atoms with Gasteiger partial charge in [-0.05, 0) is 24.8 Å². The van der Waals surface area contributed by atoms with Crippen LogP contribution in [0, 0.1) is 5.41 Å². The second-order valence-corrected chi connectivity index (χ2v) is 9.90. The number of carboxylic acid groups (broad SMARTS) is 2. The number of fused-ring (bicyclic) bond motifs is 1. The van der Waals surface area contributed by atoms with Crippen LogP contribution >= 0.6 is 23.5 Å². The number of hydrogen-bond acceptors (Lipinski definition) is 9. The summed E-state index contributed by atoms with van der Waals surface area (Å²) < 4.78 is 4.89. The van der Waals surface area contributed by atoms with Crippen molar-refractivity contribution in [1.29, 1.82) is 5.41 Å². The molecule has 2 unspecified atom stereocenters. The first-order valence-electron chi connectivity index (χ1n) is 10.9. The molecule has 15 heteroatoms. The van der Waals surface area contributed by atoms with Crippen LogP contribution in [0.4, 0.5) is 4.79 Å². The lowest BCUT2D eigenvalue weighted by Gasteiger charge is -2.49. The van der Waals surface area contributed by atoms with Crippen LogP contribution in [0.25, 0.3) is 0 Å². The van der Waals surface area contributed by atoms with Gasteiger partial charge in [-0.2, -0.15) is 0 Å². The van der Waals surface area contributed by atoms with E-state index in [9.17, 15) is 34.2 Å². The van der Waals surface area contributed by atoms with Crippen LogP contribution in [-0.4, -0.2) is 85.7 Å². The van der Waals surface area contributed by atoms with Crippen LogP contribution in [0.3, 0.4) is 0 Å². The molecule has 13 nitrogen and oxygen atoms in total. The molecule has 0 radical (unpaired) electrons. The standard InChI is InChI=1S/C20H29N5O8S2/c1-2-3-7-33-20(32)23-11(17(28)29)5-4-6-12(26)24-13-15(27)25-14(18(30)31)10(8-34-16(13)25)9-35-19(21)22/h11,13,16H,2-9H2,1H3,(H3,21,22)(H,23,32)(H,24,26)(H,28,29)(H,30,31)/t11?,13?,16-/m1/s1. The number of nitrogens with two attached hydrogens (primary N) is 1. The number of nitrogens with zero attached hydrogens (tertiary/aromatic N) is 1. The summed E-state index contributed by atoms with van der Waals surface area (Å²) in [5.74, 6) is -3.10. The van der Waals surface area contributed by atoms with Gasteiger partial charge < -0.3 is 31.3 Å². The third-order valence-corrected chi connectivity index (χ3v) is 7.33. The number of amidine groups is 1. The average Bonchev–Trinajstić information content (AvgIpc) is 2.79. The van der Waals surface area contributed by atoms with Crippen molar-refractivity contribution in [3.8, 4) is 0 Å². The Hall–Kier alpha value is -2.94. The molecule has 2 rings (SSSR count). The van der Waals surface area contributed by atoms with Crippen molar-refractivity contribution in [3.05, 3.63) is 11.3 Å². The van der Waals surface area contributed by atoms with Crippen molar-refractivity contribution < 1.29 is 38.9 Å². The molecule has 2 aliphatic rings. The highest BCUT2D eigenvalue weighted by Gasteiger charge is 2.54. The summed E-state index contributed by atoms with van der Waals surface area (Å²) in [6, 6.07) is -2.12. The zero-order chi connectivity index (χ0) is 26.1. The summed E-state index contributed by atoms with van der Waals surface area (Å²) in [5.41, 5.74) is 5.63. The van der Waals surface area contributed by atoms with E-state index < -0.39 is 47.3 Å². The largest absolute Gasteiger partial charge is 0.480 e. The minimum absolute atomic E-state index is 0.0162. The number of ether oxygens (including phenoxy) is 1. The molecule has 194 valence electrons. The summed E-state index contributed by atoms with van der Waals surface area (Å²) in [6.07, 6.45) is 0.668. The van der Waals surface area contributed by atoms with E-state index in [1.165, 1.54) is 11.8 Å². The smallest absolute Gasteiger partial charge is 0.407 e. The van der Waals surface area contributed by atoms with Gasteiger partial charge in [0.15, 0.2) is 5.17 Å². The number of rotatable bonds is 13. The minimum atomic E-state index is -1.27. The van der Waals surface area contributed by atoms with E-state index in [4.69, 9.17) is 15.9 Å². The Balaban J connectivity index is 1.86. The first-order valence-corrected chi connectivity index (χ1v) is 12.9. The Morgan fingerprint density at radius 2 is 2.03 bits per heavy atom. The highest BCUT2D eigenvalue weighted by atomic mass is 32.2. The lowest BCUT2D eigenvalue weighted by atomic mass is 10.0. The lowest BCUT2D eigenvalue weighted by molar-refractivity contribution is -0.150. The van der Waals surface area contributed by atoms with E-state index in [0.717, 1.165) is 23.1 Å². The molecule has 1 saturated heterocycles. The molecule has 0 saturated carbocycles. The van der Waals surface area contributed by atoms with Crippen LogP contribution in [0.5, 0.6) is 0 Å². The Bertz CT molecular complexity index is 912. The fourth-order valence-electron chi connectivity index (χ4n) is 3.42. The molecule has 2 aliphatic heterocycles. The van der Waals surface area contributed by atoms with Crippen LogP contribution < -0.4 is 16.4 Å². The van der Waals surface area contributed by atoms with Gasteiger partial charge in [0.25, 0.3) is 5.91 Å². The van der Waals surface area contributed by atoms with Gasteiger partial charge in [-0.25, -0.2) is 14.4 Å². The number of carbonyl (C=O) groups is 5. The third-order valence-electron chi connectivity index (χ3n) is 5.19. The van der Waals surface area contributed by atoms with Crippen LogP contribution in [0.15, 0.2) is 11.3 Å². The van der Waals surface area contributed by atoms with E-state index in [1.54, 1.807) is 0 Å². The van der Waals surface area contributed by atoms with E-state index in [2.05, 4.69) is 10.6 Å². The zero-order valence-corrected chi connectivity index (χ0v) is 20.7. The highest BCUT2D eigenvalue weighted by molar-refractivity contribution is 8.13. The van der Waals surface area contributed by atoms with E-state index >= 15 is 0 Å². The second kappa shape index (κ2) is 13.2. The lowest BCUT2D eigenvalue weighted by Crippen LogP contribution is -2.70. The van der Waals surface area contributed by atoms with Crippen LogP contribution in [0.2, 0.25) is 0 Å². The molecule has 0 aromatic heterocycles. The molecule has 7 N–H and O–H groups in total. The summed E-state index contributed by atoms with van der Waals surface area (Å²) in [7, 11) is 0. The number of amides is 3. The number of hydrogen-bond donors (Lipinski definition) is 6. The Morgan fingerprint density at radius 3 is 2.63 bits per heavy atom. The third kappa shape index (κ3) is 7.78. The summed E-state index contributed by atoms with van der Waals surface area (Å²) in [4.78, 5) is 60.9. The van der Waals surface area contributed by atoms with Crippen molar-refractivity contribution in [2.75, 3.05) is 18.1 Å². The molecule has 0 aromatic rings. The molecule has 0 aromatic carbocycles. The minimum Gasteiger partial charge on any atom is -0.480 e. The van der Waals surface area contributed by atoms with Crippen molar-refractivity contribution >= 4 is 58.5 Å². The number of unbranched alkanes of at least 4 members (excludes halogenated alkanes) is 1. The van der Waals surface area contributed by atoms with Gasteiger partial charge in [0.2, 0.25) is 5.91 Å². The molecular formula is C20H29N5O8S2. The normalized spacial score (nSPS) is 19.8. The number of nitrogens with one attached hydrogen (secondary N) is 3. The number of carboxylic acids is 2. The van der Waals surface area contributed by atoms with Gasteiger partial charge >= 0.3 is 18.0 Å². The summed E-state index contributed by atoms with van der Waals surface area (Å²) >= 11 is 2.26. The summed E-state index contributed by atoms with van der Waals surface area (Å²) in [6.45, 7) is 2.10. The average molecular weight is 532 g/mol. The van der Waals surface area contributed by atoms with Crippen LogP contribution in [0.1, 0.15) is 39.0 Å². The maximum Gasteiger partial charge on any atom is 0.407 e. The number of β-lactam (4-membered cyclic amide) rings is 1. The van der Waals surface area contributed by atoms with E-state index in [1.807, 2.05) is 6.92 Å². The van der Waals surface area contributed by atoms with Crippen LogP contribution in [-0.2, 0) is 23.9 Å². The van der Waals surface area contributed by atoms with Crippen molar-refractivity contribution in [2.45, 2.75) is 56.5 Å². The molecule has 0 spiro atoms. The maximum atomic E-state index is 12.6. The molecule has 35 heavy (non-hydrogen) atoms. The van der Waals surface area contributed by atoms with Gasteiger partial charge in [-0.1, -0.05) is 25.1 Å². The van der Waals surface area contributed by atoms with E-state index in [0.29, 0.717) is 17.7 Å². The molecule has 0 aliphatic carbocycles. The van der Waals surface area contributed by atoms with Gasteiger partial charge in [-0.15, -0.1) is 11.8 Å².